The highest BCUT2D eigenvalue weighted by Crippen LogP contribution is 2.11. The van der Waals surface area contributed by atoms with Crippen molar-refractivity contribution in [1.29, 1.82) is 0 Å². The summed E-state index contributed by atoms with van der Waals surface area (Å²) >= 11 is 0. The van der Waals surface area contributed by atoms with E-state index in [1.54, 1.807) is 0 Å². The van der Waals surface area contributed by atoms with Crippen molar-refractivity contribution in [1.82, 2.24) is 4.90 Å². The van der Waals surface area contributed by atoms with E-state index < -0.39 is 0 Å². The Kier molecular flexibility index (Phi) is 18.1. The molecule has 150 valence electrons. The van der Waals surface area contributed by atoms with Crippen LogP contribution in [0.25, 0.3) is 0 Å². The Bertz CT molecular complexity index is 277. The van der Waals surface area contributed by atoms with Crippen LogP contribution in [-0.2, 0) is 0 Å². The summed E-state index contributed by atoms with van der Waals surface area (Å²) in [5.41, 5.74) is 11.9. The topological polar surface area (TPSA) is 55.3 Å². The van der Waals surface area contributed by atoms with Crippen LogP contribution in [0.2, 0.25) is 0 Å². The largest absolute Gasteiger partial charge is 0.327 e. The maximum absolute atomic E-state index is 5.93. The molecule has 25 heavy (non-hydrogen) atoms. The van der Waals surface area contributed by atoms with Crippen LogP contribution in [0.5, 0.6) is 0 Å². The van der Waals surface area contributed by atoms with Gasteiger partial charge in [-0.2, -0.15) is 0 Å². The van der Waals surface area contributed by atoms with Gasteiger partial charge in [0.15, 0.2) is 0 Å². The zero-order chi connectivity index (χ0) is 18.8. The van der Waals surface area contributed by atoms with Crippen LogP contribution >= 0.6 is 0 Å². The molecule has 0 radical (unpaired) electrons. The fourth-order valence-corrected chi connectivity index (χ4v) is 3.31. The second kappa shape index (κ2) is 18.4. The van der Waals surface area contributed by atoms with Gasteiger partial charge in [-0.3, -0.25) is 0 Å². The van der Waals surface area contributed by atoms with E-state index in [9.17, 15) is 0 Å². The lowest BCUT2D eigenvalue weighted by molar-refractivity contribution is 0.244. The van der Waals surface area contributed by atoms with Crippen molar-refractivity contribution in [2.45, 2.75) is 110 Å². The molecule has 0 heterocycles. The van der Waals surface area contributed by atoms with Gasteiger partial charge in [0, 0.05) is 25.2 Å². The lowest BCUT2D eigenvalue weighted by Gasteiger charge is -2.25. The molecule has 0 saturated heterocycles. The molecule has 3 heteroatoms. The van der Waals surface area contributed by atoms with Crippen molar-refractivity contribution in [3.05, 3.63) is 12.2 Å². The van der Waals surface area contributed by atoms with E-state index >= 15 is 0 Å². The molecule has 0 aromatic heterocycles. The zero-order valence-electron chi connectivity index (χ0n) is 17.5. The zero-order valence-corrected chi connectivity index (χ0v) is 17.5. The number of rotatable bonds is 18. The van der Waals surface area contributed by atoms with Crippen LogP contribution in [0.3, 0.4) is 0 Å². The SMILES string of the molecule is CCC/C=C/CCCCCCCCCCCN(CC(C)N)CC(C)N. The first-order chi connectivity index (χ1) is 12.1. The predicted octanol–water partition coefficient (Wildman–Crippen LogP) is 5.24. The minimum absolute atomic E-state index is 0.237. The summed E-state index contributed by atoms with van der Waals surface area (Å²) < 4.78 is 0. The summed E-state index contributed by atoms with van der Waals surface area (Å²) in [4.78, 5) is 2.43. The monoisotopic (exact) mass is 353 g/mol. The van der Waals surface area contributed by atoms with Crippen molar-refractivity contribution in [3.63, 3.8) is 0 Å². The molecule has 0 aliphatic heterocycles. The van der Waals surface area contributed by atoms with Crippen molar-refractivity contribution in [2.24, 2.45) is 11.5 Å². The molecule has 2 atom stereocenters. The smallest absolute Gasteiger partial charge is 0.0139 e. The number of nitrogens with zero attached hydrogens (tertiary/aromatic N) is 1. The Morgan fingerprint density at radius 2 is 1.12 bits per heavy atom. The van der Waals surface area contributed by atoms with Crippen LogP contribution in [0.15, 0.2) is 12.2 Å². The van der Waals surface area contributed by atoms with Crippen LogP contribution < -0.4 is 11.5 Å². The summed E-state index contributed by atoms with van der Waals surface area (Å²) in [7, 11) is 0. The average Bonchev–Trinajstić information content (AvgIpc) is 2.54. The van der Waals surface area contributed by atoms with Crippen molar-refractivity contribution < 1.29 is 0 Å². The highest BCUT2D eigenvalue weighted by molar-refractivity contribution is 4.80. The van der Waals surface area contributed by atoms with E-state index in [1.165, 1.54) is 77.0 Å². The van der Waals surface area contributed by atoms with Crippen molar-refractivity contribution >= 4 is 0 Å². The van der Waals surface area contributed by atoms with E-state index in [2.05, 4.69) is 37.8 Å². The lowest BCUT2D eigenvalue weighted by atomic mass is 10.1. The molecule has 0 fully saturated rings. The molecule has 0 spiro atoms. The van der Waals surface area contributed by atoms with Crippen molar-refractivity contribution in [3.8, 4) is 0 Å². The molecular formula is C22H47N3. The number of nitrogens with two attached hydrogens (primary N) is 2. The summed E-state index contributed by atoms with van der Waals surface area (Å²) in [5, 5.41) is 0. The van der Waals surface area contributed by atoms with Gasteiger partial charge in [-0.1, -0.05) is 70.4 Å². The fraction of sp³-hybridized carbons (Fsp3) is 0.909. The maximum atomic E-state index is 5.93. The van der Waals surface area contributed by atoms with E-state index in [4.69, 9.17) is 11.5 Å². The summed E-state index contributed by atoms with van der Waals surface area (Å²) in [5.74, 6) is 0. The van der Waals surface area contributed by atoms with Gasteiger partial charge in [-0.15, -0.1) is 0 Å². The number of hydrogen-bond donors (Lipinski definition) is 2. The van der Waals surface area contributed by atoms with Gasteiger partial charge in [0.2, 0.25) is 0 Å². The van der Waals surface area contributed by atoms with Gasteiger partial charge >= 0.3 is 0 Å². The highest BCUT2D eigenvalue weighted by atomic mass is 15.1. The molecule has 0 bridgehead atoms. The molecule has 0 saturated carbocycles. The Morgan fingerprint density at radius 1 is 0.680 bits per heavy atom. The predicted molar refractivity (Wildman–Crippen MR) is 114 cm³/mol. The van der Waals surface area contributed by atoms with Gasteiger partial charge in [0.05, 0.1) is 0 Å². The van der Waals surface area contributed by atoms with Gasteiger partial charge in [0.25, 0.3) is 0 Å². The molecular weight excluding hydrogens is 306 g/mol. The Morgan fingerprint density at radius 3 is 1.60 bits per heavy atom. The summed E-state index contributed by atoms with van der Waals surface area (Å²) in [6, 6.07) is 0.474. The van der Waals surface area contributed by atoms with E-state index in [1.807, 2.05) is 0 Å². The molecule has 0 aromatic rings. The average molecular weight is 354 g/mol. The Hall–Kier alpha value is -0.380. The first-order valence-corrected chi connectivity index (χ1v) is 10.9. The molecule has 0 amide bonds. The van der Waals surface area contributed by atoms with Crippen LogP contribution in [0.1, 0.15) is 97.8 Å². The van der Waals surface area contributed by atoms with E-state index in [0.717, 1.165) is 19.6 Å². The molecule has 0 rings (SSSR count). The molecule has 0 aliphatic carbocycles. The van der Waals surface area contributed by atoms with Gasteiger partial charge in [-0.25, -0.2) is 0 Å². The third-order valence-corrected chi connectivity index (χ3v) is 4.56. The fourth-order valence-electron chi connectivity index (χ4n) is 3.31. The van der Waals surface area contributed by atoms with Gasteiger partial charge < -0.3 is 16.4 Å². The quantitative estimate of drug-likeness (QED) is 0.262. The standard InChI is InChI=1S/C22H47N3/c1-4-5-6-7-8-9-10-11-12-13-14-15-16-17-18-25(19-21(2)23)20-22(3)24/h6-7,21-22H,4-5,8-20,23-24H2,1-3H3/b7-6+. The summed E-state index contributed by atoms with van der Waals surface area (Å²) in [6.07, 6.45) is 20.9. The molecule has 3 nitrogen and oxygen atoms in total. The van der Waals surface area contributed by atoms with E-state index in [-0.39, 0.29) is 12.1 Å². The Balaban J connectivity index is 3.39. The normalized spacial score (nSPS) is 14.5. The maximum Gasteiger partial charge on any atom is 0.0139 e. The lowest BCUT2D eigenvalue weighted by Crippen LogP contribution is -2.42. The van der Waals surface area contributed by atoms with Gasteiger partial charge in [0.1, 0.15) is 0 Å². The minimum Gasteiger partial charge on any atom is -0.327 e. The number of hydrogen-bond acceptors (Lipinski definition) is 3. The molecule has 0 aromatic carbocycles. The molecule has 4 N–H and O–H groups in total. The van der Waals surface area contributed by atoms with E-state index in [0.29, 0.717) is 0 Å². The molecule has 2 unspecified atom stereocenters. The summed E-state index contributed by atoms with van der Waals surface area (Å²) in [6.45, 7) is 9.48. The minimum atomic E-state index is 0.237. The van der Waals surface area contributed by atoms with Crippen LogP contribution in [-0.4, -0.2) is 36.6 Å². The van der Waals surface area contributed by atoms with Crippen molar-refractivity contribution in [2.75, 3.05) is 19.6 Å². The van der Waals surface area contributed by atoms with Gasteiger partial charge in [-0.05, 0) is 46.1 Å². The third-order valence-electron chi connectivity index (χ3n) is 4.56. The first kappa shape index (κ1) is 24.6. The van der Waals surface area contributed by atoms with Crippen LogP contribution in [0, 0.1) is 0 Å². The number of unbranched alkanes of at least 4 members (excludes halogenated alkanes) is 10. The third kappa shape index (κ3) is 19.8. The molecule has 0 aliphatic rings. The number of allylic oxidation sites excluding steroid dienone is 2. The second-order valence-corrected chi connectivity index (χ2v) is 7.94. The highest BCUT2D eigenvalue weighted by Gasteiger charge is 2.09. The first-order valence-electron chi connectivity index (χ1n) is 10.9. The van der Waals surface area contributed by atoms with Crippen LogP contribution in [0.4, 0.5) is 0 Å². The Labute approximate surface area is 158 Å². The second-order valence-electron chi connectivity index (χ2n) is 7.94.